The Morgan fingerprint density at radius 2 is 1.82 bits per heavy atom. The van der Waals surface area contributed by atoms with Crippen molar-refractivity contribution in [2.45, 2.75) is 32.2 Å². The van der Waals surface area contributed by atoms with Gasteiger partial charge in [-0.05, 0) is 31.2 Å². The maximum absolute atomic E-state index is 12.1. The summed E-state index contributed by atoms with van der Waals surface area (Å²) >= 11 is 0. The molecule has 1 atom stereocenters. The van der Waals surface area contributed by atoms with Gasteiger partial charge in [0.25, 0.3) is 0 Å². The van der Waals surface area contributed by atoms with Gasteiger partial charge in [-0.1, -0.05) is 0 Å². The van der Waals surface area contributed by atoms with Gasteiger partial charge >= 0.3 is 6.36 Å². The fourth-order valence-electron chi connectivity index (χ4n) is 2.63. The van der Waals surface area contributed by atoms with Gasteiger partial charge in [-0.15, -0.1) is 13.2 Å². The van der Waals surface area contributed by atoms with Crippen LogP contribution in [0.4, 0.5) is 18.9 Å². The number of benzene rings is 1. The zero-order valence-corrected chi connectivity index (χ0v) is 15.6. The van der Waals surface area contributed by atoms with Crippen molar-refractivity contribution < 1.29 is 32.2 Å². The molecule has 1 aliphatic rings. The Morgan fingerprint density at radius 1 is 1.18 bits per heavy atom. The molecule has 0 bridgehead atoms. The van der Waals surface area contributed by atoms with Gasteiger partial charge in [0.2, 0.25) is 11.8 Å². The molecule has 10 heteroatoms. The minimum absolute atomic E-state index is 0.0645. The van der Waals surface area contributed by atoms with Crippen LogP contribution in [-0.4, -0.2) is 62.0 Å². The predicted octanol–water partition coefficient (Wildman–Crippen LogP) is 2.14. The second kappa shape index (κ2) is 10.2. The van der Waals surface area contributed by atoms with E-state index in [4.69, 9.17) is 4.74 Å². The summed E-state index contributed by atoms with van der Waals surface area (Å²) in [6.07, 6.45) is -4.48. The second-order valence-corrected chi connectivity index (χ2v) is 6.41. The third kappa shape index (κ3) is 8.03. The number of rotatable bonds is 8. The summed E-state index contributed by atoms with van der Waals surface area (Å²) < 4.78 is 45.4. The molecule has 1 heterocycles. The molecule has 2 rings (SSSR count). The number of hydrogen-bond donors (Lipinski definition) is 2. The molecule has 2 N–H and O–H groups in total. The fraction of sp³-hybridized carbons (Fsp3) is 0.556. The first kappa shape index (κ1) is 21.8. The van der Waals surface area contributed by atoms with Gasteiger partial charge in [-0.2, -0.15) is 0 Å². The molecular weight excluding hydrogens is 379 g/mol. The van der Waals surface area contributed by atoms with Crippen LogP contribution in [0.15, 0.2) is 24.3 Å². The number of nitrogens with one attached hydrogen (secondary N) is 2. The SMILES string of the molecule is C[C@@H](CNc1ccc(OC(F)(F)F)cc1)NC(=O)CCC(=O)N1CCOCC1. The molecule has 156 valence electrons. The lowest BCUT2D eigenvalue weighted by atomic mass is 10.2. The minimum atomic E-state index is -4.73. The van der Waals surface area contributed by atoms with Crippen LogP contribution in [0.25, 0.3) is 0 Å². The number of carbonyl (C=O) groups is 2. The summed E-state index contributed by atoms with van der Waals surface area (Å²) in [7, 11) is 0. The van der Waals surface area contributed by atoms with E-state index in [1.54, 1.807) is 11.8 Å². The number of nitrogens with zero attached hydrogens (tertiary/aromatic N) is 1. The third-order valence-electron chi connectivity index (χ3n) is 4.04. The van der Waals surface area contributed by atoms with E-state index in [0.717, 1.165) is 0 Å². The van der Waals surface area contributed by atoms with E-state index in [9.17, 15) is 22.8 Å². The number of anilines is 1. The highest BCUT2D eigenvalue weighted by atomic mass is 19.4. The number of halogens is 3. The average Bonchev–Trinajstić information content (AvgIpc) is 2.65. The minimum Gasteiger partial charge on any atom is -0.406 e. The van der Waals surface area contributed by atoms with Crippen LogP contribution in [0.3, 0.4) is 0 Å². The zero-order chi connectivity index (χ0) is 20.6. The summed E-state index contributed by atoms with van der Waals surface area (Å²) in [6, 6.07) is 5.09. The van der Waals surface area contributed by atoms with E-state index in [1.165, 1.54) is 24.3 Å². The predicted molar refractivity (Wildman–Crippen MR) is 95.9 cm³/mol. The summed E-state index contributed by atoms with van der Waals surface area (Å²) in [5.74, 6) is -0.598. The molecule has 1 fully saturated rings. The summed E-state index contributed by atoms with van der Waals surface area (Å²) in [5.41, 5.74) is 0.595. The van der Waals surface area contributed by atoms with Gasteiger partial charge in [-0.3, -0.25) is 9.59 Å². The first-order chi connectivity index (χ1) is 13.2. The van der Waals surface area contributed by atoms with Gasteiger partial charge in [0.05, 0.1) is 13.2 Å². The van der Waals surface area contributed by atoms with Crippen LogP contribution in [0.2, 0.25) is 0 Å². The molecule has 1 aromatic rings. The van der Waals surface area contributed by atoms with Crippen LogP contribution >= 0.6 is 0 Å². The van der Waals surface area contributed by atoms with Crippen molar-refractivity contribution in [2.24, 2.45) is 0 Å². The number of amides is 2. The molecule has 1 aliphatic heterocycles. The molecule has 0 unspecified atom stereocenters. The van der Waals surface area contributed by atoms with Crippen molar-refractivity contribution in [1.82, 2.24) is 10.2 Å². The molecule has 0 saturated carbocycles. The Balaban J connectivity index is 1.66. The Labute approximate surface area is 161 Å². The van der Waals surface area contributed by atoms with E-state index in [-0.39, 0.29) is 36.4 Å². The van der Waals surface area contributed by atoms with Crippen LogP contribution < -0.4 is 15.4 Å². The second-order valence-electron chi connectivity index (χ2n) is 6.41. The van der Waals surface area contributed by atoms with E-state index in [2.05, 4.69) is 15.4 Å². The van der Waals surface area contributed by atoms with Crippen molar-refractivity contribution in [2.75, 3.05) is 38.2 Å². The third-order valence-corrected chi connectivity index (χ3v) is 4.04. The summed E-state index contributed by atoms with van der Waals surface area (Å²) in [5, 5.41) is 5.80. The number of morpholine rings is 1. The van der Waals surface area contributed by atoms with Crippen molar-refractivity contribution in [3.8, 4) is 5.75 Å². The smallest absolute Gasteiger partial charge is 0.406 e. The Bertz CT molecular complexity index is 646. The highest BCUT2D eigenvalue weighted by Crippen LogP contribution is 2.23. The van der Waals surface area contributed by atoms with Crippen LogP contribution in [0, 0.1) is 0 Å². The average molecular weight is 403 g/mol. The number of ether oxygens (including phenoxy) is 2. The van der Waals surface area contributed by atoms with Crippen molar-refractivity contribution in [3.63, 3.8) is 0 Å². The Morgan fingerprint density at radius 3 is 2.43 bits per heavy atom. The van der Waals surface area contributed by atoms with E-state index < -0.39 is 6.36 Å². The largest absolute Gasteiger partial charge is 0.573 e. The molecule has 2 amide bonds. The molecule has 28 heavy (non-hydrogen) atoms. The van der Waals surface area contributed by atoms with Gasteiger partial charge in [0.15, 0.2) is 0 Å². The van der Waals surface area contributed by atoms with Gasteiger partial charge in [-0.25, -0.2) is 0 Å². The highest BCUT2D eigenvalue weighted by molar-refractivity contribution is 5.84. The molecule has 0 aliphatic carbocycles. The first-order valence-electron chi connectivity index (χ1n) is 8.97. The molecule has 0 spiro atoms. The fourth-order valence-corrected chi connectivity index (χ4v) is 2.63. The molecular formula is C18H24F3N3O4. The summed E-state index contributed by atoms with van der Waals surface area (Å²) in [4.78, 5) is 25.7. The maximum Gasteiger partial charge on any atom is 0.573 e. The van der Waals surface area contributed by atoms with E-state index in [1.807, 2.05) is 0 Å². The first-order valence-corrected chi connectivity index (χ1v) is 8.97. The molecule has 0 aromatic heterocycles. The number of hydrogen-bond acceptors (Lipinski definition) is 5. The van der Waals surface area contributed by atoms with Crippen LogP contribution in [0.1, 0.15) is 19.8 Å². The van der Waals surface area contributed by atoms with Crippen LogP contribution in [-0.2, 0) is 14.3 Å². The van der Waals surface area contributed by atoms with Crippen LogP contribution in [0.5, 0.6) is 5.75 Å². The Hall–Kier alpha value is -2.49. The van der Waals surface area contributed by atoms with Crippen molar-refractivity contribution in [1.29, 1.82) is 0 Å². The standard InChI is InChI=1S/C18H24F3N3O4/c1-13(12-22-14-2-4-15(5-3-14)28-18(19,20)21)23-16(25)6-7-17(26)24-8-10-27-11-9-24/h2-5,13,22H,6-12H2,1H3,(H,23,25)/t13-/m0/s1. The normalized spacial score (nSPS) is 15.6. The maximum atomic E-state index is 12.1. The lowest BCUT2D eigenvalue weighted by Gasteiger charge is -2.26. The van der Waals surface area contributed by atoms with E-state index >= 15 is 0 Å². The number of alkyl halides is 3. The summed E-state index contributed by atoms with van der Waals surface area (Å²) in [6.45, 7) is 4.30. The van der Waals surface area contributed by atoms with E-state index in [0.29, 0.717) is 38.5 Å². The lowest BCUT2D eigenvalue weighted by molar-refractivity contribution is -0.274. The molecule has 1 aromatic carbocycles. The monoisotopic (exact) mass is 403 g/mol. The van der Waals surface area contributed by atoms with Crippen molar-refractivity contribution in [3.05, 3.63) is 24.3 Å². The lowest BCUT2D eigenvalue weighted by Crippen LogP contribution is -2.42. The molecule has 7 nitrogen and oxygen atoms in total. The highest BCUT2D eigenvalue weighted by Gasteiger charge is 2.30. The zero-order valence-electron chi connectivity index (χ0n) is 15.6. The van der Waals surface area contributed by atoms with Gasteiger partial charge < -0.3 is 25.0 Å². The van der Waals surface area contributed by atoms with Gasteiger partial charge in [0, 0.05) is 44.2 Å². The Kier molecular flexibility index (Phi) is 7.91. The van der Waals surface area contributed by atoms with Crippen molar-refractivity contribution >= 4 is 17.5 Å². The quantitative estimate of drug-likeness (QED) is 0.695. The molecule has 1 saturated heterocycles. The molecule has 0 radical (unpaired) electrons. The number of carbonyl (C=O) groups excluding carboxylic acids is 2. The topological polar surface area (TPSA) is 79.9 Å². The van der Waals surface area contributed by atoms with Gasteiger partial charge in [0.1, 0.15) is 5.75 Å².